The molecule has 1 heterocycles. The Kier molecular flexibility index (Phi) is 5.13. The van der Waals surface area contributed by atoms with Crippen molar-refractivity contribution in [2.24, 2.45) is 0 Å². The quantitative estimate of drug-likeness (QED) is 0.822. The highest BCUT2D eigenvalue weighted by atomic mass is 32.2. The van der Waals surface area contributed by atoms with Crippen molar-refractivity contribution in [2.75, 3.05) is 19.1 Å². The number of aromatic nitrogens is 1. The minimum absolute atomic E-state index is 0.154. The molecule has 0 unspecified atom stereocenters. The molecule has 9 heteroatoms. The van der Waals surface area contributed by atoms with E-state index in [0.29, 0.717) is 11.6 Å². The molecule has 0 aliphatic carbocycles. The molecule has 0 saturated heterocycles. The van der Waals surface area contributed by atoms with Gasteiger partial charge in [-0.1, -0.05) is 0 Å². The number of hydrogen-bond acceptors (Lipinski definition) is 5. The summed E-state index contributed by atoms with van der Waals surface area (Å²) in [7, 11) is -1.71. The van der Waals surface area contributed by atoms with Crippen molar-refractivity contribution < 1.29 is 26.7 Å². The Morgan fingerprint density at radius 2 is 1.79 bits per heavy atom. The molecule has 0 N–H and O–H groups in total. The van der Waals surface area contributed by atoms with Crippen LogP contribution in [-0.2, 0) is 9.84 Å². The predicted octanol–water partition coefficient (Wildman–Crippen LogP) is 2.36. The second kappa shape index (κ2) is 6.91. The van der Waals surface area contributed by atoms with E-state index in [9.17, 15) is 22.0 Å². The Morgan fingerprint density at radius 3 is 2.25 bits per heavy atom. The molecule has 2 rings (SSSR count). The van der Waals surface area contributed by atoms with Crippen molar-refractivity contribution in [3.05, 3.63) is 48.2 Å². The van der Waals surface area contributed by atoms with Crippen molar-refractivity contribution in [3.63, 3.8) is 0 Å². The van der Waals surface area contributed by atoms with E-state index in [-0.39, 0.29) is 5.56 Å². The summed E-state index contributed by atoms with van der Waals surface area (Å²) < 4.78 is 52.6. The fourth-order valence-electron chi connectivity index (χ4n) is 1.89. The molecule has 0 aliphatic heterocycles. The number of nitrogens with zero attached hydrogens (tertiary/aromatic N) is 2. The van der Waals surface area contributed by atoms with Gasteiger partial charge in [-0.2, -0.15) is 8.78 Å². The van der Waals surface area contributed by atoms with Gasteiger partial charge in [0.05, 0.1) is 23.9 Å². The fraction of sp³-hybridized carbons (Fsp3) is 0.200. The van der Waals surface area contributed by atoms with Crippen LogP contribution in [0.5, 0.6) is 5.88 Å². The average Bonchev–Trinajstić information content (AvgIpc) is 2.60. The van der Waals surface area contributed by atoms with Gasteiger partial charge in [-0.05, 0) is 30.3 Å². The first-order valence-corrected chi connectivity index (χ1v) is 8.22. The van der Waals surface area contributed by atoms with E-state index in [4.69, 9.17) is 4.74 Å². The smallest absolute Gasteiger partial charge is 0.341 e. The highest BCUT2D eigenvalue weighted by Crippen LogP contribution is 2.21. The fourth-order valence-corrected chi connectivity index (χ4v) is 2.61. The van der Waals surface area contributed by atoms with E-state index in [1.54, 1.807) is 12.1 Å². The number of methoxy groups -OCH3 is 1. The van der Waals surface area contributed by atoms with Crippen LogP contribution in [0.2, 0.25) is 0 Å². The number of ether oxygens (including phenoxy) is 1. The lowest BCUT2D eigenvalue weighted by atomic mass is 10.2. The molecule has 0 aliphatic rings. The zero-order valence-electron chi connectivity index (χ0n) is 12.8. The zero-order valence-corrected chi connectivity index (χ0v) is 13.6. The molecular weight excluding hydrogens is 342 g/mol. The number of sulfone groups is 1. The lowest BCUT2D eigenvalue weighted by Gasteiger charge is -2.17. The van der Waals surface area contributed by atoms with E-state index in [1.807, 2.05) is 0 Å². The third-order valence-corrected chi connectivity index (χ3v) is 4.68. The van der Waals surface area contributed by atoms with Crippen molar-refractivity contribution in [1.29, 1.82) is 0 Å². The lowest BCUT2D eigenvalue weighted by Crippen LogP contribution is -2.26. The summed E-state index contributed by atoms with van der Waals surface area (Å²) in [5.74, 6) is -3.56. The van der Waals surface area contributed by atoms with Crippen molar-refractivity contribution >= 4 is 21.4 Å². The minimum Gasteiger partial charge on any atom is -0.481 e. The number of halogens is 2. The van der Waals surface area contributed by atoms with Gasteiger partial charge in [0.1, 0.15) is 0 Å². The normalized spacial score (nSPS) is 11.4. The molecule has 0 fully saturated rings. The number of anilines is 1. The number of carbonyl (C=O) groups excluding carboxylic acids is 1. The number of hydrogen-bond donors (Lipinski definition) is 0. The summed E-state index contributed by atoms with van der Waals surface area (Å²) in [6.45, 7) is 0. The van der Waals surface area contributed by atoms with Gasteiger partial charge in [0.2, 0.25) is 15.7 Å². The zero-order chi connectivity index (χ0) is 17.9. The van der Waals surface area contributed by atoms with Crippen LogP contribution >= 0.6 is 0 Å². The maximum atomic E-state index is 12.5. The van der Waals surface area contributed by atoms with Crippen molar-refractivity contribution in [2.45, 2.75) is 10.7 Å². The van der Waals surface area contributed by atoms with Gasteiger partial charge < -0.3 is 9.64 Å². The van der Waals surface area contributed by atoms with Crippen LogP contribution in [0.1, 0.15) is 10.4 Å². The van der Waals surface area contributed by atoms with Crippen LogP contribution in [0.25, 0.3) is 0 Å². The summed E-state index contributed by atoms with van der Waals surface area (Å²) in [5, 5.41) is 0. The Balaban J connectivity index is 2.23. The number of alkyl halides is 2. The van der Waals surface area contributed by atoms with Crippen LogP contribution in [0.3, 0.4) is 0 Å². The summed E-state index contributed by atoms with van der Waals surface area (Å²) in [5.41, 5.74) is 0.645. The summed E-state index contributed by atoms with van der Waals surface area (Å²) in [6, 6.07) is 7.54. The van der Waals surface area contributed by atoms with E-state index in [2.05, 4.69) is 4.98 Å². The maximum absolute atomic E-state index is 12.5. The van der Waals surface area contributed by atoms with Gasteiger partial charge in [0.15, 0.2) is 0 Å². The molecule has 0 radical (unpaired) electrons. The molecule has 1 aromatic heterocycles. The molecular formula is C15H14F2N2O4S. The Hall–Kier alpha value is -2.55. The van der Waals surface area contributed by atoms with Crippen LogP contribution in [0, 0.1) is 0 Å². The van der Waals surface area contributed by atoms with Gasteiger partial charge in [-0.15, -0.1) is 0 Å². The number of rotatable bonds is 5. The highest BCUT2D eigenvalue weighted by molar-refractivity contribution is 7.91. The third kappa shape index (κ3) is 3.51. The molecule has 24 heavy (non-hydrogen) atoms. The van der Waals surface area contributed by atoms with Crippen molar-refractivity contribution in [1.82, 2.24) is 4.98 Å². The second-order valence-corrected chi connectivity index (χ2v) is 6.67. The van der Waals surface area contributed by atoms with Gasteiger partial charge in [0, 0.05) is 18.7 Å². The van der Waals surface area contributed by atoms with Gasteiger partial charge in [-0.3, -0.25) is 4.79 Å². The third-order valence-electron chi connectivity index (χ3n) is 3.29. The van der Waals surface area contributed by atoms with E-state index < -0.39 is 26.4 Å². The SMILES string of the molecule is COc1ccc(N(C)C(=O)c2ccc(S(=O)(=O)C(F)F)cc2)cn1. The monoisotopic (exact) mass is 356 g/mol. The Bertz CT molecular complexity index is 822. The largest absolute Gasteiger partial charge is 0.481 e. The number of carbonyl (C=O) groups is 1. The molecule has 0 spiro atoms. The molecule has 0 atom stereocenters. The summed E-state index contributed by atoms with van der Waals surface area (Å²) in [4.78, 5) is 17.1. The average molecular weight is 356 g/mol. The molecule has 128 valence electrons. The molecule has 0 saturated carbocycles. The van der Waals surface area contributed by atoms with Crippen LogP contribution in [0.4, 0.5) is 14.5 Å². The first kappa shape index (κ1) is 17.8. The molecule has 6 nitrogen and oxygen atoms in total. The predicted molar refractivity (Wildman–Crippen MR) is 83.2 cm³/mol. The molecule has 1 aromatic carbocycles. The van der Waals surface area contributed by atoms with Crippen molar-refractivity contribution in [3.8, 4) is 5.88 Å². The van der Waals surface area contributed by atoms with Crippen LogP contribution in [-0.4, -0.2) is 39.2 Å². The van der Waals surface area contributed by atoms with E-state index in [0.717, 1.165) is 12.1 Å². The molecule has 1 amide bonds. The van der Waals surface area contributed by atoms with E-state index >= 15 is 0 Å². The number of benzene rings is 1. The standard InChI is InChI=1S/C15H14F2N2O4S/c1-19(11-5-8-13(23-2)18-9-11)14(20)10-3-6-12(7-4-10)24(21,22)15(16)17/h3-9,15H,1-2H3. The van der Waals surface area contributed by atoms with Gasteiger partial charge in [0.25, 0.3) is 5.91 Å². The second-order valence-electron chi connectivity index (χ2n) is 4.75. The lowest BCUT2D eigenvalue weighted by molar-refractivity contribution is 0.0993. The van der Waals surface area contributed by atoms with E-state index in [1.165, 1.54) is 37.4 Å². The topological polar surface area (TPSA) is 76.6 Å². The van der Waals surface area contributed by atoms with Crippen LogP contribution in [0.15, 0.2) is 47.5 Å². The number of amides is 1. The van der Waals surface area contributed by atoms with Gasteiger partial charge in [-0.25, -0.2) is 13.4 Å². The van der Waals surface area contributed by atoms with Gasteiger partial charge >= 0.3 is 5.76 Å². The first-order valence-electron chi connectivity index (χ1n) is 6.67. The van der Waals surface area contributed by atoms with Crippen LogP contribution < -0.4 is 9.64 Å². The maximum Gasteiger partial charge on any atom is 0.341 e. The first-order chi connectivity index (χ1) is 11.3. The highest BCUT2D eigenvalue weighted by Gasteiger charge is 2.26. The summed E-state index contributed by atoms with van der Waals surface area (Å²) in [6.07, 6.45) is 1.44. The Labute approximate surface area is 137 Å². The number of pyridine rings is 1. The molecule has 0 bridgehead atoms. The minimum atomic E-state index is -4.68. The Morgan fingerprint density at radius 1 is 1.17 bits per heavy atom. The molecule has 2 aromatic rings. The summed E-state index contributed by atoms with van der Waals surface area (Å²) >= 11 is 0.